The van der Waals surface area contributed by atoms with E-state index < -0.39 is 5.60 Å². The second-order valence-electron chi connectivity index (χ2n) is 10.4. The van der Waals surface area contributed by atoms with Crippen molar-refractivity contribution in [2.24, 2.45) is 0 Å². The number of nitrogens with zero attached hydrogens (tertiary/aromatic N) is 6. The number of imidazole rings is 1. The molecule has 0 spiro atoms. The minimum atomic E-state index is -0.525. The minimum Gasteiger partial charge on any atom is -0.444 e. The fourth-order valence-corrected chi connectivity index (χ4v) is 4.80. The largest absolute Gasteiger partial charge is 0.444 e. The van der Waals surface area contributed by atoms with E-state index in [1.165, 1.54) is 0 Å². The molecule has 0 saturated carbocycles. The van der Waals surface area contributed by atoms with E-state index in [-0.39, 0.29) is 12.3 Å². The van der Waals surface area contributed by atoms with Crippen LogP contribution in [0.3, 0.4) is 0 Å². The van der Waals surface area contributed by atoms with Crippen LogP contribution in [0.4, 0.5) is 10.6 Å². The highest BCUT2D eigenvalue weighted by molar-refractivity contribution is 6.30. The highest BCUT2D eigenvalue weighted by Gasteiger charge is 2.30. The molecule has 3 aromatic heterocycles. The first kappa shape index (κ1) is 25.9. The highest BCUT2D eigenvalue weighted by Crippen LogP contribution is 2.33. The number of piperazine rings is 1. The average molecular weight is 534 g/mol. The van der Waals surface area contributed by atoms with E-state index in [2.05, 4.69) is 21.4 Å². The summed E-state index contributed by atoms with van der Waals surface area (Å²) < 4.78 is 7.69. The zero-order chi connectivity index (χ0) is 27.0. The third-order valence-corrected chi connectivity index (χ3v) is 6.88. The lowest BCUT2D eigenvalue weighted by Gasteiger charge is -2.39. The summed E-state index contributed by atoms with van der Waals surface area (Å²) in [5, 5.41) is 0.674. The fourth-order valence-electron chi connectivity index (χ4n) is 4.67. The molecule has 1 unspecified atom stereocenters. The van der Waals surface area contributed by atoms with E-state index in [0.717, 1.165) is 28.0 Å². The molecule has 9 nitrogen and oxygen atoms in total. The number of benzene rings is 1. The van der Waals surface area contributed by atoms with Gasteiger partial charge in [0.15, 0.2) is 5.65 Å². The first-order valence-electron chi connectivity index (χ1n) is 12.7. The van der Waals surface area contributed by atoms with E-state index in [4.69, 9.17) is 32.0 Å². The molecule has 1 atom stereocenters. The first-order valence-corrected chi connectivity index (χ1v) is 13.1. The van der Waals surface area contributed by atoms with Gasteiger partial charge in [-0.05, 0) is 64.1 Å². The number of hydrogen-bond acceptors (Lipinski definition) is 7. The van der Waals surface area contributed by atoms with Crippen LogP contribution >= 0.6 is 11.6 Å². The van der Waals surface area contributed by atoms with Crippen molar-refractivity contribution in [3.05, 3.63) is 59.8 Å². The number of rotatable bonds is 4. The molecule has 1 aliphatic rings. The molecule has 198 valence electrons. The summed E-state index contributed by atoms with van der Waals surface area (Å²) in [6.07, 6.45) is 1.28. The van der Waals surface area contributed by atoms with Crippen molar-refractivity contribution in [3.63, 3.8) is 0 Å². The number of anilines is 1. The van der Waals surface area contributed by atoms with Gasteiger partial charge in [0.2, 0.25) is 0 Å². The Morgan fingerprint density at radius 2 is 1.74 bits per heavy atom. The maximum Gasteiger partial charge on any atom is 0.410 e. The standard InChI is InChI=1S/C28H32ClN7O2/c1-18(34-14-16-35(17-15-34)27(37)38-28(2,3)4)36-25(21-6-5-13-31-24(21)30)33-23-12-11-22(32-26(23)36)19-7-9-20(29)10-8-19/h5-13,18H,14-17H2,1-4H3,(H2,30,31). The number of aromatic nitrogens is 4. The molecular formula is C28H32ClN7O2. The highest BCUT2D eigenvalue weighted by atomic mass is 35.5. The Labute approximate surface area is 227 Å². The molecule has 4 heterocycles. The van der Waals surface area contributed by atoms with Gasteiger partial charge in [0.1, 0.15) is 22.8 Å². The van der Waals surface area contributed by atoms with Gasteiger partial charge in [-0.2, -0.15) is 0 Å². The number of nitrogens with two attached hydrogens (primary N) is 1. The molecule has 10 heteroatoms. The topological polar surface area (TPSA) is 102 Å². The van der Waals surface area contributed by atoms with Gasteiger partial charge in [-0.1, -0.05) is 23.7 Å². The number of carbonyl (C=O) groups is 1. The van der Waals surface area contributed by atoms with Gasteiger partial charge in [0, 0.05) is 43.0 Å². The third-order valence-electron chi connectivity index (χ3n) is 6.62. The smallest absolute Gasteiger partial charge is 0.410 e. The Hall–Kier alpha value is -3.69. The monoisotopic (exact) mass is 533 g/mol. The fraction of sp³-hybridized carbons (Fsp3) is 0.357. The number of ether oxygens (including phenoxy) is 1. The number of carbonyl (C=O) groups excluding carboxylic acids is 1. The lowest BCUT2D eigenvalue weighted by Crippen LogP contribution is -2.51. The molecular weight excluding hydrogens is 502 g/mol. The predicted octanol–water partition coefficient (Wildman–Crippen LogP) is 5.47. The molecule has 5 rings (SSSR count). The molecule has 1 saturated heterocycles. The maximum absolute atomic E-state index is 12.6. The van der Waals surface area contributed by atoms with Crippen LogP contribution in [0.5, 0.6) is 0 Å². The van der Waals surface area contributed by atoms with Crippen molar-refractivity contribution in [2.75, 3.05) is 31.9 Å². The summed E-state index contributed by atoms with van der Waals surface area (Å²) in [4.78, 5) is 30.9. The molecule has 0 aliphatic carbocycles. The zero-order valence-electron chi connectivity index (χ0n) is 22.1. The van der Waals surface area contributed by atoms with Gasteiger partial charge in [-0.15, -0.1) is 0 Å². The minimum absolute atomic E-state index is 0.108. The van der Waals surface area contributed by atoms with E-state index in [1.54, 1.807) is 11.1 Å². The Balaban J connectivity index is 1.51. The molecule has 4 aromatic rings. The van der Waals surface area contributed by atoms with Crippen LogP contribution < -0.4 is 5.73 Å². The van der Waals surface area contributed by atoms with Crippen molar-refractivity contribution in [1.82, 2.24) is 29.3 Å². The van der Waals surface area contributed by atoms with Crippen LogP contribution in [0.25, 0.3) is 33.8 Å². The van der Waals surface area contributed by atoms with Crippen molar-refractivity contribution < 1.29 is 9.53 Å². The summed E-state index contributed by atoms with van der Waals surface area (Å²) in [7, 11) is 0. The van der Waals surface area contributed by atoms with Gasteiger partial charge in [-0.3, -0.25) is 9.47 Å². The second-order valence-corrected chi connectivity index (χ2v) is 10.9. The van der Waals surface area contributed by atoms with E-state index in [9.17, 15) is 4.79 Å². The molecule has 1 aliphatic heterocycles. The Bertz CT molecular complexity index is 1450. The lowest BCUT2D eigenvalue weighted by molar-refractivity contribution is 0.00716. The van der Waals surface area contributed by atoms with Gasteiger partial charge < -0.3 is 15.4 Å². The van der Waals surface area contributed by atoms with Crippen LogP contribution in [0.15, 0.2) is 54.7 Å². The molecule has 1 aromatic carbocycles. The van der Waals surface area contributed by atoms with Crippen molar-refractivity contribution in [2.45, 2.75) is 39.5 Å². The first-order chi connectivity index (χ1) is 18.1. The summed E-state index contributed by atoms with van der Waals surface area (Å²) in [6, 6.07) is 15.3. The normalized spacial score (nSPS) is 15.6. The van der Waals surface area contributed by atoms with Gasteiger partial charge >= 0.3 is 6.09 Å². The Morgan fingerprint density at radius 3 is 2.39 bits per heavy atom. The Kier molecular flexibility index (Phi) is 6.98. The zero-order valence-corrected chi connectivity index (χ0v) is 22.8. The lowest BCUT2D eigenvalue weighted by atomic mass is 10.1. The van der Waals surface area contributed by atoms with E-state index in [0.29, 0.717) is 42.8 Å². The molecule has 1 amide bonds. The van der Waals surface area contributed by atoms with Crippen molar-refractivity contribution in [3.8, 4) is 22.6 Å². The Morgan fingerprint density at radius 1 is 1.03 bits per heavy atom. The maximum atomic E-state index is 12.6. The van der Waals surface area contributed by atoms with Crippen LogP contribution in [-0.2, 0) is 4.74 Å². The van der Waals surface area contributed by atoms with Crippen LogP contribution in [0, 0.1) is 0 Å². The summed E-state index contributed by atoms with van der Waals surface area (Å²) >= 11 is 6.10. The number of amides is 1. The van der Waals surface area contributed by atoms with Crippen molar-refractivity contribution in [1.29, 1.82) is 0 Å². The molecule has 0 radical (unpaired) electrons. The predicted molar refractivity (Wildman–Crippen MR) is 150 cm³/mol. The number of fused-ring (bicyclic) bond motifs is 1. The summed E-state index contributed by atoms with van der Waals surface area (Å²) in [5.74, 6) is 1.11. The van der Waals surface area contributed by atoms with E-state index >= 15 is 0 Å². The van der Waals surface area contributed by atoms with Crippen LogP contribution in [0.2, 0.25) is 5.02 Å². The number of hydrogen-bond donors (Lipinski definition) is 1. The van der Waals surface area contributed by atoms with Gasteiger partial charge in [0.25, 0.3) is 0 Å². The number of halogens is 1. The quantitative estimate of drug-likeness (QED) is 0.371. The molecule has 38 heavy (non-hydrogen) atoms. The van der Waals surface area contributed by atoms with Crippen LogP contribution in [-0.4, -0.2) is 67.2 Å². The third kappa shape index (κ3) is 5.30. The number of pyridine rings is 2. The number of nitrogen functional groups attached to an aromatic ring is 1. The van der Waals surface area contributed by atoms with Gasteiger partial charge in [-0.25, -0.2) is 19.7 Å². The molecule has 0 bridgehead atoms. The van der Waals surface area contributed by atoms with Gasteiger partial charge in [0.05, 0.1) is 17.4 Å². The van der Waals surface area contributed by atoms with E-state index in [1.807, 2.05) is 69.3 Å². The second kappa shape index (κ2) is 10.2. The summed E-state index contributed by atoms with van der Waals surface area (Å²) in [6.45, 7) is 10.3. The average Bonchev–Trinajstić information content (AvgIpc) is 3.26. The molecule has 2 N–H and O–H groups in total. The summed E-state index contributed by atoms with van der Waals surface area (Å²) in [5.41, 5.74) is 9.81. The van der Waals surface area contributed by atoms with Crippen molar-refractivity contribution >= 4 is 34.7 Å². The molecule has 1 fully saturated rings. The SMILES string of the molecule is CC(N1CCN(C(=O)OC(C)(C)C)CC1)n1c(-c2cccnc2N)nc2ccc(-c3ccc(Cl)cc3)nc21. The van der Waals surface area contributed by atoms with Crippen LogP contribution in [0.1, 0.15) is 33.9 Å².